The lowest BCUT2D eigenvalue weighted by molar-refractivity contribution is 1.07. The monoisotopic (exact) mass is 566 g/mol. The van der Waals surface area contributed by atoms with Crippen LogP contribution in [-0.2, 0) is 25.7 Å². The molecular weight excluding hydrogens is 537 g/mol. The Morgan fingerprint density at radius 1 is 0.447 bits per heavy atom. The smallest absolute Gasteiger partial charge is 0.0391 e. The summed E-state index contributed by atoms with van der Waals surface area (Å²) in [7, 11) is 0. The predicted molar refractivity (Wildman–Crippen MR) is 176 cm³/mol. The maximum Gasteiger partial charge on any atom is 0.0391 e. The summed E-state index contributed by atoms with van der Waals surface area (Å²) < 4.78 is 5.94. The molecule has 4 heterocycles. The van der Waals surface area contributed by atoms with Crippen molar-refractivity contribution in [3.8, 4) is 20.9 Å². The summed E-state index contributed by atoms with van der Waals surface area (Å²) in [6.45, 7) is 9.22. The summed E-state index contributed by atoms with van der Waals surface area (Å²) in [5.74, 6) is 0. The van der Waals surface area contributed by atoms with Gasteiger partial charge in [-0.05, 0) is 94.1 Å². The van der Waals surface area contributed by atoms with Gasteiger partial charge in [-0.15, -0.1) is 45.3 Å². The fourth-order valence-corrected chi connectivity index (χ4v) is 11.0. The molecule has 0 aliphatic heterocycles. The van der Waals surface area contributed by atoms with Crippen molar-refractivity contribution in [3.05, 3.63) is 81.5 Å². The fourth-order valence-electron chi connectivity index (χ4n) is 6.27. The molecule has 0 aliphatic carbocycles. The Kier molecular flexibility index (Phi) is 6.20. The zero-order chi connectivity index (χ0) is 26.0. The maximum absolute atomic E-state index is 2.44. The number of thiophene rings is 4. The second kappa shape index (κ2) is 9.60. The number of benzene rings is 3. The lowest BCUT2D eigenvalue weighted by atomic mass is 9.98. The second-order valence-electron chi connectivity index (χ2n) is 9.94. The Balaban J connectivity index is 1.34. The maximum atomic E-state index is 2.44. The average Bonchev–Trinajstić information content (AvgIpc) is 3.75. The van der Waals surface area contributed by atoms with E-state index in [1.807, 2.05) is 45.3 Å². The molecule has 190 valence electrons. The van der Waals surface area contributed by atoms with Crippen LogP contribution in [0.15, 0.2) is 59.3 Å². The van der Waals surface area contributed by atoms with Gasteiger partial charge in [0, 0.05) is 50.1 Å². The highest BCUT2D eigenvalue weighted by atomic mass is 32.1. The third kappa shape index (κ3) is 3.57. The van der Waals surface area contributed by atoms with Crippen LogP contribution in [0.25, 0.3) is 61.2 Å². The molecule has 0 fully saturated rings. The van der Waals surface area contributed by atoms with Crippen molar-refractivity contribution < 1.29 is 0 Å². The molecular formula is C34H30S4. The second-order valence-corrected chi connectivity index (χ2v) is 13.9. The Bertz CT molecular complexity index is 1810. The van der Waals surface area contributed by atoms with Crippen molar-refractivity contribution in [2.75, 3.05) is 0 Å². The van der Waals surface area contributed by atoms with E-state index in [0.29, 0.717) is 0 Å². The standard InChI is InChI=1S/C34H30S4/c1-5-21-23(7-3)33-27(25-13-15-35-31(21)25)17-29(37-33)19-9-11-20(12-10-19)30-18-28-26-14-16-36-32(26)22(6-2)24(8-4)34(28)38-30/h9-18H,5-8H2,1-4H3. The van der Waals surface area contributed by atoms with Gasteiger partial charge >= 0.3 is 0 Å². The number of hydrogen-bond donors (Lipinski definition) is 0. The summed E-state index contributed by atoms with van der Waals surface area (Å²) in [6.07, 6.45) is 4.39. The van der Waals surface area contributed by atoms with E-state index in [1.165, 1.54) is 61.2 Å². The van der Waals surface area contributed by atoms with Gasteiger partial charge in [0.05, 0.1) is 0 Å². The first-order valence-electron chi connectivity index (χ1n) is 13.7. The average molecular weight is 567 g/mol. The molecule has 0 N–H and O–H groups in total. The van der Waals surface area contributed by atoms with Crippen molar-refractivity contribution in [2.24, 2.45) is 0 Å². The van der Waals surface area contributed by atoms with Gasteiger partial charge in [-0.2, -0.15) is 0 Å². The third-order valence-electron chi connectivity index (χ3n) is 8.07. The zero-order valence-electron chi connectivity index (χ0n) is 22.2. The summed E-state index contributed by atoms with van der Waals surface area (Å²) >= 11 is 7.75. The van der Waals surface area contributed by atoms with Gasteiger partial charge in [0.15, 0.2) is 0 Å². The van der Waals surface area contributed by atoms with Gasteiger partial charge in [0.1, 0.15) is 0 Å². The highest BCUT2D eigenvalue weighted by Gasteiger charge is 2.18. The van der Waals surface area contributed by atoms with E-state index in [9.17, 15) is 0 Å². The Morgan fingerprint density at radius 3 is 1.18 bits per heavy atom. The van der Waals surface area contributed by atoms with Crippen LogP contribution in [0.1, 0.15) is 49.9 Å². The van der Waals surface area contributed by atoms with E-state index in [4.69, 9.17) is 0 Å². The summed E-state index contributed by atoms with van der Waals surface area (Å²) in [4.78, 5) is 2.75. The SMILES string of the molecule is CCc1c(CC)c2sc(-c3ccc(-c4cc5c(s4)c(CC)c(CC)c4sccc45)cc3)cc2c2ccsc12. The minimum Gasteiger partial charge on any atom is -0.143 e. The van der Waals surface area contributed by atoms with Crippen molar-refractivity contribution in [2.45, 2.75) is 53.4 Å². The Hall–Kier alpha value is -2.50. The molecule has 4 heteroatoms. The van der Waals surface area contributed by atoms with Crippen LogP contribution in [0.4, 0.5) is 0 Å². The molecule has 0 amide bonds. The molecule has 0 radical (unpaired) electrons. The zero-order valence-corrected chi connectivity index (χ0v) is 25.5. The topological polar surface area (TPSA) is 0 Å². The molecule has 0 aliphatic rings. The fraction of sp³-hybridized carbons (Fsp3) is 0.235. The lowest BCUT2D eigenvalue weighted by Crippen LogP contribution is -1.91. The van der Waals surface area contributed by atoms with Gasteiger partial charge in [-0.3, -0.25) is 0 Å². The molecule has 38 heavy (non-hydrogen) atoms. The third-order valence-corrected chi connectivity index (χ3v) is 12.5. The summed E-state index contributed by atoms with van der Waals surface area (Å²) in [5.41, 5.74) is 8.85. The molecule has 0 atom stereocenters. The molecule has 0 unspecified atom stereocenters. The molecule has 0 saturated carbocycles. The molecule has 0 nitrogen and oxygen atoms in total. The highest BCUT2D eigenvalue weighted by Crippen LogP contribution is 2.46. The minimum atomic E-state index is 1.09. The molecule has 4 aromatic heterocycles. The first-order chi connectivity index (χ1) is 18.7. The number of rotatable bonds is 6. The first kappa shape index (κ1) is 24.5. The normalized spacial score (nSPS) is 12.1. The van der Waals surface area contributed by atoms with Gasteiger partial charge in [-0.1, -0.05) is 52.0 Å². The van der Waals surface area contributed by atoms with Crippen LogP contribution in [0, 0.1) is 0 Å². The van der Waals surface area contributed by atoms with Crippen LogP contribution in [0.2, 0.25) is 0 Å². The number of aryl methyl sites for hydroxylation is 4. The van der Waals surface area contributed by atoms with Crippen LogP contribution in [0.5, 0.6) is 0 Å². The molecule has 7 aromatic rings. The van der Waals surface area contributed by atoms with E-state index in [-0.39, 0.29) is 0 Å². The van der Waals surface area contributed by atoms with E-state index < -0.39 is 0 Å². The molecule has 0 spiro atoms. The Labute approximate surface area is 240 Å². The van der Waals surface area contributed by atoms with Crippen molar-refractivity contribution in [3.63, 3.8) is 0 Å². The van der Waals surface area contributed by atoms with Crippen molar-refractivity contribution in [1.82, 2.24) is 0 Å². The molecule has 0 bridgehead atoms. The van der Waals surface area contributed by atoms with E-state index in [1.54, 1.807) is 22.3 Å². The molecule has 7 rings (SSSR count). The molecule has 0 saturated heterocycles. The van der Waals surface area contributed by atoms with Gasteiger partial charge < -0.3 is 0 Å². The highest BCUT2D eigenvalue weighted by molar-refractivity contribution is 7.23. The summed E-state index contributed by atoms with van der Waals surface area (Å²) in [6, 6.07) is 18.9. The van der Waals surface area contributed by atoms with Crippen molar-refractivity contribution in [1.29, 1.82) is 0 Å². The van der Waals surface area contributed by atoms with Gasteiger partial charge in [-0.25, -0.2) is 0 Å². The number of hydrogen-bond acceptors (Lipinski definition) is 4. The van der Waals surface area contributed by atoms with Crippen LogP contribution >= 0.6 is 45.3 Å². The van der Waals surface area contributed by atoms with Gasteiger partial charge in [0.2, 0.25) is 0 Å². The van der Waals surface area contributed by atoms with Gasteiger partial charge in [0.25, 0.3) is 0 Å². The van der Waals surface area contributed by atoms with Crippen LogP contribution < -0.4 is 0 Å². The first-order valence-corrected chi connectivity index (χ1v) is 17.1. The van der Waals surface area contributed by atoms with Crippen LogP contribution in [-0.4, -0.2) is 0 Å². The Morgan fingerprint density at radius 2 is 0.816 bits per heavy atom. The van der Waals surface area contributed by atoms with E-state index in [2.05, 4.69) is 87.0 Å². The lowest BCUT2D eigenvalue weighted by Gasteiger charge is -2.09. The predicted octanol–water partition coefficient (Wildman–Crippen LogP) is 12.1. The van der Waals surface area contributed by atoms with E-state index in [0.717, 1.165) is 25.7 Å². The van der Waals surface area contributed by atoms with Crippen molar-refractivity contribution >= 4 is 85.7 Å². The summed E-state index contributed by atoms with van der Waals surface area (Å²) in [5, 5.41) is 10.3. The number of fused-ring (bicyclic) bond motifs is 6. The van der Waals surface area contributed by atoms with E-state index >= 15 is 0 Å². The molecule has 3 aromatic carbocycles. The van der Waals surface area contributed by atoms with Crippen LogP contribution in [0.3, 0.4) is 0 Å². The largest absolute Gasteiger partial charge is 0.143 e. The quantitative estimate of drug-likeness (QED) is 0.188. The minimum absolute atomic E-state index is 1.09.